The number of methoxy groups -OCH3 is 1. The molecular weight excluding hydrogens is 342 g/mol. The average Bonchev–Trinajstić information content (AvgIpc) is 2.36. The number of halogens is 1. The van der Waals surface area contributed by atoms with E-state index < -0.39 is 0 Å². The molecule has 0 bridgehead atoms. The lowest BCUT2D eigenvalue weighted by Gasteiger charge is -2.33. The molecule has 0 atom stereocenters. The first-order valence-corrected chi connectivity index (χ1v) is 8.61. The second-order valence-corrected chi connectivity index (χ2v) is 8.36. The van der Waals surface area contributed by atoms with Crippen molar-refractivity contribution in [3.8, 4) is 11.5 Å². The van der Waals surface area contributed by atoms with Crippen molar-refractivity contribution < 1.29 is 9.47 Å². The van der Waals surface area contributed by atoms with Crippen LogP contribution in [0.3, 0.4) is 0 Å². The summed E-state index contributed by atoms with van der Waals surface area (Å²) in [5, 5.41) is 3.65. The number of rotatable bonds is 7. The number of hydrogen-bond donors (Lipinski definition) is 1. The van der Waals surface area contributed by atoms with Crippen LogP contribution in [0.4, 0.5) is 0 Å². The minimum absolute atomic E-state index is 0.0728. The van der Waals surface area contributed by atoms with Crippen molar-refractivity contribution >= 4 is 15.9 Å². The highest BCUT2D eigenvalue weighted by Gasteiger charge is 2.25. The lowest BCUT2D eigenvalue weighted by Crippen LogP contribution is -2.41. The lowest BCUT2D eigenvalue weighted by molar-refractivity contribution is 0.240. The quantitative estimate of drug-likeness (QED) is 0.717. The molecule has 1 aromatic rings. The van der Waals surface area contributed by atoms with Crippen LogP contribution in [-0.4, -0.2) is 19.3 Å². The molecule has 0 saturated carbocycles. The predicted molar refractivity (Wildman–Crippen MR) is 96.9 cm³/mol. The van der Waals surface area contributed by atoms with Crippen molar-refractivity contribution in [2.24, 2.45) is 5.41 Å². The average molecular weight is 372 g/mol. The van der Waals surface area contributed by atoms with Crippen LogP contribution in [0.2, 0.25) is 0 Å². The maximum absolute atomic E-state index is 5.66. The van der Waals surface area contributed by atoms with Crippen LogP contribution in [0, 0.1) is 5.41 Å². The second kappa shape index (κ2) is 7.69. The summed E-state index contributed by atoms with van der Waals surface area (Å²) >= 11 is 3.63. The molecule has 1 rings (SSSR count). The first-order valence-electron chi connectivity index (χ1n) is 7.82. The normalized spacial score (nSPS) is 12.4. The first-order chi connectivity index (χ1) is 10.1. The molecule has 0 heterocycles. The minimum atomic E-state index is 0.0728. The molecule has 0 unspecified atom stereocenters. The van der Waals surface area contributed by atoms with Crippen LogP contribution in [0.25, 0.3) is 0 Å². The van der Waals surface area contributed by atoms with E-state index >= 15 is 0 Å². The van der Waals surface area contributed by atoms with Crippen molar-refractivity contribution in [1.82, 2.24) is 5.32 Å². The monoisotopic (exact) mass is 371 g/mol. The van der Waals surface area contributed by atoms with E-state index in [1.54, 1.807) is 7.11 Å². The molecule has 0 aliphatic carbocycles. The van der Waals surface area contributed by atoms with Gasteiger partial charge in [0.15, 0.2) is 11.5 Å². The maximum Gasteiger partial charge on any atom is 0.161 e. The van der Waals surface area contributed by atoms with Crippen LogP contribution in [0.15, 0.2) is 16.6 Å². The van der Waals surface area contributed by atoms with E-state index in [1.807, 2.05) is 19.1 Å². The number of benzene rings is 1. The van der Waals surface area contributed by atoms with Gasteiger partial charge in [-0.3, -0.25) is 0 Å². The van der Waals surface area contributed by atoms with Crippen LogP contribution >= 0.6 is 15.9 Å². The Morgan fingerprint density at radius 3 is 2.23 bits per heavy atom. The van der Waals surface area contributed by atoms with Crippen molar-refractivity contribution in [2.45, 2.75) is 60.0 Å². The maximum atomic E-state index is 5.66. The zero-order valence-corrected chi connectivity index (χ0v) is 16.6. The third-order valence-corrected chi connectivity index (χ3v) is 4.10. The van der Waals surface area contributed by atoms with Crippen molar-refractivity contribution in [3.63, 3.8) is 0 Å². The Kier molecular flexibility index (Phi) is 6.75. The molecule has 0 spiro atoms. The fourth-order valence-corrected chi connectivity index (χ4v) is 3.33. The first kappa shape index (κ1) is 19.3. The minimum Gasteiger partial charge on any atom is -0.493 e. The summed E-state index contributed by atoms with van der Waals surface area (Å²) in [6.07, 6.45) is 1.10. The third kappa shape index (κ3) is 6.17. The highest BCUT2D eigenvalue weighted by molar-refractivity contribution is 9.10. The molecule has 0 fully saturated rings. The zero-order chi connectivity index (χ0) is 17.0. The second-order valence-electron chi connectivity index (χ2n) is 7.50. The van der Waals surface area contributed by atoms with Gasteiger partial charge in [0, 0.05) is 16.6 Å². The van der Waals surface area contributed by atoms with Gasteiger partial charge in [-0.2, -0.15) is 0 Å². The molecular formula is C18H30BrNO2. The molecule has 126 valence electrons. The van der Waals surface area contributed by atoms with Crippen molar-refractivity contribution in [2.75, 3.05) is 13.7 Å². The van der Waals surface area contributed by atoms with E-state index in [0.29, 0.717) is 12.0 Å². The SMILES string of the molecule is CCOc1cc(CNC(C)(C)CC(C)(C)C)c(Br)cc1OC. The highest BCUT2D eigenvalue weighted by Crippen LogP contribution is 2.34. The summed E-state index contributed by atoms with van der Waals surface area (Å²) in [6.45, 7) is 14.7. The van der Waals surface area contributed by atoms with Crippen LogP contribution in [0.5, 0.6) is 11.5 Å². The molecule has 4 heteroatoms. The van der Waals surface area contributed by atoms with Gasteiger partial charge in [0.25, 0.3) is 0 Å². The Balaban J connectivity index is 2.87. The summed E-state index contributed by atoms with van der Waals surface area (Å²) in [5.74, 6) is 1.55. The fourth-order valence-electron chi connectivity index (χ4n) is 2.86. The van der Waals surface area contributed by atoms with Gasteiger partial charge < -0.3 is 14.8 Å². The number of hydrogen-bond acceptors (Lipinski definition) is 3. The molecule has 0 amide bonds. The molecule has 1 N–H and O–H groups in total. The van der Waals surface area contributed by atoms with Gasteiger partial charge >= 0.3 is 0 Å². The predicted octanol–water partition coefficient (Wildman–Crippen LogP) is 5.16. The Labute approximate surface area is 143 Å². The van der Waals surface area contributed by atoms with Crippen molar-refractivity contribution in [3.05, 3.63) is 22.2 Å². The molecule has 22 heavy (non-hydrogen) atoms. The van der Waals surface area contributed by atoms with Crippen LogP contribution in [-0.2, 0) is 6.54 Å². The summed E-state index contributed by atoms with van der Waals surface area (Å²) in [7, 11) is 1.66. The third-order valence-electron chi connectivity index (χ3n) is 3.36. The molecule has 0 aliphatic rings. The van der Waals surface area contributed by atoms with Crippen LogP contribution < -0.4 is 14.8 Å². The van der Waals surface area contributed by atoms with Crippen LogP contribution in [0.1, 0.15) is 53.5 Å². The summed E-state index contributed by atoms with van der Waals surface area (Å²) in [6, 6.07) is 4.02. The fraction of sp³-hybridized carbons (Fsp3) is 0.667. The molecule has 0 aliphatic heterocycles. The van der Waals surface area contributed by atoms with E-state index in [9.17, 15) is 0 Å². The van der Waals surface area contributed by atoms with Gasteiger partial charge in [-0.1, -0.05) is 36.7 Å². The smallest absolute Gasteiger partial charge is 0.161 e. The van der Waals surface area contributed by atoms with E-state index in [0.717, 1.165) is 28.9 Å². The molecule has 3 nitrogen and oxygen atoms in total. The number of nitrogens with one attached hydrogen (secondary N) is 1. The Bertz CT molecular complexity index is 493. The van der Waals surface area contributed by atoms with Gasteiger partial charge in [0.1, 0.15) is 0 Å². The zero-order valence-electron chi connectivity index (χ0n) is 15.0. The Morgan fingerprint density at radius 2 is 1.73 bits per heavy atom. The summed E-state index contributed by atoms with van der Waals surface area (Å²) in [4.78, 5) is 0. The van der Waals surface area contributed by atoms with Gasteiger partial charge in [-0.25, -0.2) is 0 Å². The lowest BCUT2D eigenvalue weighted by atomic mass is 9.82. The van der Waals surface area contributed by atoms with Gasteiger partial charge in [0.2, 0.25) is 0 Å². The van der Waals surface area contributed by atoms with Gasteiger partial charge in [-0.05, 0) is 50.3 Å². The van der Waals surface area contributed by atoms with E-state index in [1.165, 1.54) is 5.56 Å². The number of ether oxygens (including phenoxy) is 2. The van der Waals surface area contributed by atoms with E-state index in [2.05, 4.69) is 55.9 Å². The van der Waals surface area contributed by atoms with E-state index in [-0.39, 0.29) is 5.54 Å². The summed E-state index contributed by atoms with van der Waals surface area (Å²) in [5.41, 5.74) is 1.54. The molecule has 1 aromatic carbocycles. The van der Waals surface area contributed by atoms with Gasteiger partial charge in [0.05, 0.1) is 13.7 Å². The Hall–Kier alpha value is -0.740. The highest BCUT2D eigenvalue weighted by atomic mass is 79.9. The topological polar surface area (TPSA) is 30.5 Å². The molecule has 0 saturated heterocycles. The van der Waals surface area contributed by atoms with E-state index in [4.69, 9.17) is 9.47 Å². The van der Waals surface area contributed by atoms with Crippen molar-refractivity contribution in [1.29, 1.82) is 0 Å². The molecule has 0 radical (unpaired) electrons. The largest absolute Gasteiger partial charge is 0.493 e. The molecule has 0 aromatic heterocycles. The standard InChI is InChI=1S/C18H30BrNO2/c1-8-22-16-9-13(14(19)10-15(16)21-7)11-20-18(5,6)12-17(2,3)4/h9-10,20H,8,11-12H2,1-7H3. The van der Waals surface area contributed by atoms with Gasteiger partial charge in [-0.15, -0.1) is 0 Å². The Morgan fingerprint density at radius 1 is 1.09 bits per heavy atom. The summed E-state index contributed by atoms with van der Waals surface area (Å²) < 4.78 is 12.1.